The quantitative estimate of drug-likeness (QED) is 0.863. The Balaban J connectivity index is 1.32. The molecule has 2 aromatic carbocycles. The van der Waals surface area contributed by atoms with Gasteiger partial charge in [-0.15, -0.1) is 0 Å². The number of hydrogen-bond donors (Lipinski definition) is 1. The smallest absolute Gasteiger partial charge is 0.119 e. The number of nitrogens with zero attached hydrogens (tertiary/aromatic N) is 1. The highest BCUT2D eigenvalue weighted by atomic mass is 16.5. The Morgan fingerprint density at radius 2 is 1.76 bits per heavy atom. The summed E-state index contributed by atoms with van der Waals surface area (Å²) < 4.78 is 5.89. The summed E-state index contributed by atoms with van der Waals surface area (Å²) in [6.07, 6.45) is 8.34. The Bertz CT molecular complexity index is 754. The van der Waals surface area contributed by atoms with Crippen molar-refractivity contribution in [2.75, 3.05) is 13.2 Å². The van der Waals surface area contributed by atoms with Gasteiger partial charge in [-0.05, 0) is 54.6 Å². The normalized spacial score (nSPS) is 19.2. The lowest BCUT2D eigenvalue weighted by Gasteiger charge is -2.12. The first kappa shape index (κ1) is 16.1. The van der Waals surface area contributed by atoms with E-state index in [1.165, 1.54) is 29.5 Å². The molecule has 1 unspecified atom stereocenters. The summed E-state index contributed by atoms with van der Waals surface area (Å²) in [5.41, 5.74) is 5.00. The van der Waals surface area contributed by atoms with Crippen molar-refractivity contribution in [2.45, 2.75) is 31.7 Å². The third-order valence-corrected chi connectivity index (χ3v) is 4.88. The van der Waals surface area contributed by atoms with Gasteiger partial charge >= 0.3 is 0 Å². The predicted octanol–water partition coefficient (Wildman–Crippen LogP) is 4.11. The molecule has 0 aliphatic carbocycles. The number of hydrogen-bond acceptors (Lipinski definition) is 3. The zero-order valence-electron chi connectivity index (χ0n) is 14.4. The molecule has 0 spiro atoms. The monoisotopic (exact) mass is 332 g/mol. The molecule has 25 heavy (non-hydrogen) atoms. The van der Waals surface area contributed by atoms with E-state index in [2.05, 4.69) is 64.9 Å². The van der Waals surface area contributed by atoms with Crippen molar-refractivity contribution in [2.24, 2.45) is 4.99 Å². The van der Waals surface area contributed by atoms with Gasteiger partial charge in [-0.25, -0.2) is 0 Å². The third-order valence-electron chi connectivity index (χ3n) is 4.88. The molecule has 0 saturated carbocycles. The summed E-state index contributed by atoms with van der Waals surface area (Å²) in [5.74, 6) is 0.958. The van der Waals surface area contributed by atoms with Gasteiger partial charge in [0.2, 0.25) is 0 Å². The van der Waals surface area contributed by atoms with Crippen molar-refractivity contribution in [3.8, 4) is 5.75 Å². The first-order valence-corrected chi connectivity index (χ1v) is 9.13. The first-order valence-electron chi connectivity index (χ1n) is 9.13. The van der Waals surface area contributed by atoms with Gasteiger partial charge in [-0.2, -0.15) is 0 Å². The summed E-state index contributed by atoms with van der Waals surface area (Å²) in [5, 5.41) is 3.46. The van der Waals surface area contributed by atoms with Gasteiger partial charge in [0.05, 0.1) is 5.71 Å². The highest BCUT2D eigenvalue weighted by molar-refractivity contribution is 6.02. The fourth-order valence-corrected chi connectivity index (χ4v) is 3.40. The molecule has 2 aliphatic heterocycles. The highest BCUT2D eigenvalue weighted by Crippen LogP contribution is 2.18. The van der Waals surface area contributed by atoms with Crippen molar-refractivity contribution in [1.29, 1.82) is 0 Å². The third kappa shape index (κ3) is 4.18. The fraction of sp³-hybridized carbons (Fsp3) is 0.318. The van der Waals surface area contributed by atoms with Crippen LogP contribution in [0.2, 0.25) is 0 Å². The van der Waals surface area contributed by atoms with Crippen molar-refractivity contribution in [3.63, 3.8) is 0 Å². The number of allylic oxidation sites excluding steroid dienone is 1. The summed E-state index contributed by atoms with van der Waals surface area (Å²) >= 11 is 0. The van der Waals surface area contributed by atoms with Crippen LogP contribution in [0.15, 0.2) is 65.8 Å². The van der Waals surface area contributed by atoms with Gasteiger partial charge in [0.25, 0.3) is 0 Å². The van der Waals surface area contributed by atoms with E-state index < -0.39 is 0 Å². The van der Waals surface area contributed by atoms with Gasteiger partial charge in [-0.1, -0.05) is 42.5 Å². The molecular formula is C22H24N2O. The van der Waals surface area contributed by atoms with Crippen LogP contribution in [-0.4, -0.2) is 24.9 Å². The van der Waals surface area contributed by atoms with E-state index in [9.17, 15) is 0 Å². The Morgan fingerprint density at radius 3 is 2.40 bits per heavy atom. The number of rotatable bonds is 6. The van der Waals surface area contributed by atoms with Crippen molar-refractivity contribution in [3.05, 3.63) is 77.5 Å². The summed E-state index contributed by atoms with van der Waals surface area (Å²) in [7, 11) is 0. The van der Waals surface area contributed by atoms with Gasteiger partial charge < -0.3 is 10.1 Å². The molecule has 0 aromatic heterocycles. The molecule has 2 aromatic rings. The minimum Gasteiger partial charge on any atom is -0.492 e. The SMILES string of the molecule is C1=CN=C(c2ccc(Cc3ccc(OCC4CCCN4)cc3)cc2)C1. The molecule has 2 heterocycles. The molecule has 0 amide bonds. The molecule has 1 N–H and O–H groups in total. The Kier molecular flexibility index (Phi) is 4.93. The summed E-state index contributed by atoms with van der Waals surface area (Å²) in [6.45, 7) is 1.88. The van der Waals surface area contributed by atoms with E-state index in [4.69, 9.17) is 4.74 Å². The van der Waals surface area contributed by atoms with Gasteiger partial charge in [-0.3, -0.25) is 4.99 Å². The second-order valence-corrected chi connectivity index (χ2v) is 6.79. The Hall–Kier alpha value is -2.39. The molecular weight excluding hydrogens is 308 g/mol. The Labute approximate surface area is 149 Å². The van der Waals surface area contributed by atoms with Crippen LogP contribution < -0.4 is 10.1 Å². The maximum atomic E-state index is 5.89. The van der Waals surface area contributed by atoms with Crippen LogP contribution in [0.4, 0.5) is 0 Å². The molecule has 3 heteroatoms. The van der Waals surface area contributed by atoms with Crippen LogP contribution in [0, 0.1) is 0 Å². The van der Waals surface area contributed by atoms with Crippen LogP contribution in [0.25, 0.3) is 0 Å². The maximum Gasteiger partial charge on any atom is 0.119 e. The van der Waals surface area contributed by atoms with Gasteiger partial charge in [0.15, 0.2) is 0 Å². The molecule has 3 nitrogen and oxygen atoms in total. The minimum atomic E-state index is 0.512. The van der Waals surface area contributed by atoms with Crippen LogP contribution in [0.1, 0.15) is 36.0 Å². The highest BCUT2D eigenvalue weighted by Gasteiger charge is 2.14. The van der Waals surface area contributed by atoms with E-state index in [1.54, 1.807) is 0 Å². The second kappa shape index (κ2) is 7.66. The van der Waals surface area contributed by atoms with Crippen molar-refractivity contribution < 1.29 is 4.74 Å². The molecule has 1 saturated heterocycles. The van der Waals surface area contributed by atoms with E-state index in [0.717, 1.165) is 37.5 Å². The lowest BCUT2D eigenvalue weighted by Crippen LogP contribution is -2.28. The largest absolute Gasteiger partial charge is 0.492 e. The molecule has 1 fully saturated rings. The molecule has 4 rings (SSSR count). The number of nitrogens with one attached hydrogen (secondary N) is 1. The molecule has 0 bridgehead atoms. The van der Waals surface area contributed by atoms with Gasteiger partial charge in [0.1, 0.15) is 12.4 Å². The van der Waals surface area contributed by atoms with Crippen molar-refractivity contribution >= 4 is 5.71 Å². The van der Waals surface area contributed by atoms with Crippen LogP contribution in [-0.2, 0) is 6.42 Å². The zero-order chi connectivity index (χ0) is 16.9. The lowest BCUT2D eigenvalue weighted by molar-refractivity contribution is 0.277. The van der Waals surface area contributed by atoms with E-state index in [-0.39, 0.29) is 0 Å². The lowest BCUT2D eigenvalue weighted by atomic mass is 10.0. The zero-order valence-corrected chi connectivity index (χ0v) is 14.4. The standard InChI is InChI=1S/C22H24N2O/c1-3-20(23-13-1)16-25-21-11-7-18(8-12-21)15-17-5-9-19(10-6-17)22-4-2-14-24-22/h2,5-12,14,20,23H,1,3-4,13,15-16H2. The minimum absolute atomic E-state index is 0.512. The fourth-order valence-electron chi connectivity index (χ4n) is 3.40. The van der Waals surface area contributed by atoms with Crippen LogP contribution in [0.3, 0.4) is 0 Å². The average molecular weight is 332 g/mol. The summed E-state index contributed by atoms with van der Waals surface area (Å²) in [6, 6.07) is 17.7. The molecule has 128 valence electrons. The molecule has 0 radical (unpaired) electrons. The second-order valence-electron chi connectivity index (χ2n) is 6.79. The maximum absolute atomic E-state index is 5.89. The van der Waals surface area contributed by atoms with Gasteiger partial charge in [0, 0.05) is 18.7 Å². The van der Waals surface area contributed by atoms with E-state index in [1.807, 2.05) is 6.20 Å². The molecule has 1 atom stereocenters. The first-order chi connectivity index (χ1) is 12.4. The van der Waals surface area contributed by atoms with Crippen molar-refractivity contribution in [1.82, 2.24) is 5.32 Å². The van der Waals surface area contributed by atoms with Crippen LogP contribution in [0.5, 0.6) is 5.75 Å². The molecule has 2 aliphatic rings. The number of benzene rings is 2. The predicted molar refractivity (Wildman–Crippen MR) is 103 cm³/mol. The summed E-state index contributed by atoms with van der Waals surface area (Å²) in [4.78, 5) is 4.39. The number of aliphatic imine (C=N–C) groups is 1. The van der Waals surface area contributed by atoms with E-state index in [0.29, 0.717) is 6.04 Å². The van der Waals surface area contributed by atoms with E-state index >= 15 is 0 Å². The van der Waals surface area contributed by atoms with Crippen LogP contribution >= 0.6 is 0 Å². The number of ether oxygens (including phenoxy) is 1. The average Bonchev–Trinajstić information content (AvgIpc) is 3.36. The Morgan fingerprint density at radius 1 is 1.00 bits per heavy atom. The topological polar surface area (TPSA) is 33.6 Å².